The van der Waals surface area contributed by atoms with Gasteiger partial charge in [-0.05, 0) is 38.3 Å². The first-order chi connectivity index (χ1) is 10.7. The number of rotatable bonds is 4. The zero-order valence-electron chi connectivity index (χ0n) is 13.2. The standard InChI is InChI=1S/C20H23NO/c1-16-10-12-18(13-11-16)21-14-6-5-9-19(21)15-20(22)17-7-3-2-4-8-17/h2-4,7-8,10-13,19H,5-6,9,14-15H2,1H3. The van der Waals surface area contributed by atoms with Crippen LogP contribution in [0.4, 0.5) is 5.69 Å². The highest BCUT2D eigenvalue weighted by Gasteiger charge is 2.25. The maximum Gasteiger partial charge on any atom is 0.164 e. The van der Waals surface area contributed by atoms with E-state index in [0.29, 0.717) is 12.5 Å². The second kappa shape index (κ2) is 6.78. The molecule has 0 saturated carbocycles. The molecular weight excluding hydrogens is 270 g/mol. The van der Waals surface area contributed by atoms with Gasteiger partial charge in [0.2, 0.25) is 0 Å². The van der Waals surface area contributed by atoms with Gasteiger partial charge in [-0.25, -0.2) is 0 Å². The van der Waals surface area contributed by atoms with Crippen LogP contribution >= 0.6 is 0 Å². The third kappa shape index (κ3) is 3.38. The zero-order chi connectivity index (χ0) is 15.4. The van der Waals surface area contributed by atoms with Crippen molar-refractivity contribution < 1.29 is 4.79 Å². The van der Waals surface area contributed by atoms with Crippen molar-refractivity contribution in [1.82, 2.24) is 0 Å². The Morgan fingerprint density at radius 2 is 1.77 bits per heavy atom. The molecule has 1 fully saturated rings. The van der Waals surface area contributed by atoms with Crippen LogP contribution in [0.3, 0.4) is 0 Å². The van der Waals surface area contributed by atoms with Gasteiger partial charge in [0.1, 0.15) is 0 Å². The Hall–Kier alpha value is -2.09. The van der Waals surface area contributed by atoms with E-state index < -0.39 is 0 Å². The van der Waals surface area contributed by atoms with Gasteiger partial charge in [0, 0.05) is 30.3 Å². The molecule has 0 bridgehead atoms. The van der Waals surface area contributed by atoms with Crippen LogP contribution in [0.5, 0.6) is 0 Å². The lowest BCUT2D eigenvalue weighted by atomic mass is 9.94. The molecule has 0 radical (unpaired) electrons. The number of benzene rings is 2. The van der Waals surface area contributed by atoms with Crippen LogP contribution < -0.4 is 4.90 Å². The fraction of sp³-hybridized carbons (Fsp3) is 0.350. The average molecular weight is 293 g/mol. The number of carbonyl (C=O) groups is 1. The minimum atomic E-state index is 0.254. The van der Waals surface area contributed by atoms with Crippen LogP contribution in [-0.2, 0) is 0 Å². The number of hydrogen-bond acceptors (Lipinski definition) is 2. The van der Waals surface area contributed by atoms with Crippen molar-refractivity contribution in [2.45, 2.75) is 38.6 Å². The van der Waals surface area contributed by atoms with Gasteiger partial charge in [-0.1, -0.05) is 48.0 Å². The number of anilines is 1. The first-order valence-electron chi connectivity index (χ1n) is 8.15. The minimum absolute atomic E-state index is 0.254. The normalized spacial score (nSPS) is 18.2. The highest BCUT2D eigenvalue weighted by atomic mass is 16.1. The van der Waals surface area contributed by atoms with E-state index in [1.165, 1.54) is 24.1 Å². The molecule has 1 heterocycles. The van der Waals surface area contributed by atoms with Crippen molar-refractivity contribution in [3.63, 3.8) is 0 Å². The highest BCUT2D eigenvalue weighted by molar-refractivity contribution is 5.96. The molecule has 2 nitrogen and oxygen atoms in total. The fourth-order valence-electron chi connectivity index (χ4n) is 3.24. The Kier molecular flexibility index (Phi) is 4.57. The second-order valence-electron chi connectivity index (χ2n) is 6.17. The Labute approximate surface area is 132 Å². The van der Waals surface area contributed by atoms with Gasteiger partial charge in [-0.15, -0.1) is 0 Å². The quantitative estimate of drug-likeness (QED) is 0.766. The predicted octanol–water partition coefficient (Wildman–Crippen LogP) is 4.63. The lowest BCUT2D eigenvalue weighted by Gasteiger charge is -2.37. The molecule has 0 aromatic heterocycles. The number of nitrogens with zero attached hydrogens (tertiary/aromatic N) is 1. The van der Waals surface area contributed by atoms with Gasteiger partial charge in [0.25, 0.3) is 0 Å². The van der Waals surface area contributed by atoms with Gasteiger partial charge in [0.05, 0.1) is 0 Å². The van der Waals surface area contributed by atoms with E-state index in [9.17, 15) is 4.79 Å². The highest BCUT2D eigenvalue weighted by Crippen LogP contribution is 2.27. The molecule has 1 unspecified atom stereocenters. The molecule has 3 rings (SSSR count). The van der Waals surface area contributed by atoms with E-state index in [1.54, 1.807) is 0 Å². The molecule has 1 aliphatic heterocycles. The molecular formula is C20H23NO. The maximum absolute atomic E-state index is 12.5. The summed E-state index contributed by atoms with van der Waals surface area (Å²) in [6.07, 6.45) is 4.14. The largest absolute Gasteiger partial charge is 0.368 e. The van der Waals surface area contributed by atoms with Gasteiger partial charge in [-0.3, -0.25) is 4.79 Å². The van der Waals surface area contributed by atoms with E-state index >= 15 is 0 Å². The van der Waals surface area contributed by atoms with Crippen LogP contribution in [0, 0.1) is 6.92 Å². The Balaban J connectivity index is 1.75. The summed E-state index contributed by atoms with van der Waals surface area (Å²) in [5, 5.41) is 0. The Morgan fingerprint density at radius 3 is 2.50 bits per heavy atom. The average Bonchev–Trinajstić information content (AvgIpc) is 2.57. The summed E-state index contributed by atoms with van der Waals surface area (Å²) in [5.74, 6) is 0.254. The SMILES string of the molecule is Cc1ccc(N2CCCCC2CC(=O)c2ccccc2)cc1. The molecule has 0 aliphatic carbocycles. The van der Waals surface area contributed by atoms with Crippen LogP contribution in [0.25, 0.3) is 0 Å². The van der Waals surface area contributed by atoms with Crippen LogP contribution in [0.2, 0.25) is 0 Å². The smallest absolute Gasteiger partial charge is 0.164 e. The van der Waals surface area contributed by atoms with Crippen LogP contribution in [0.1, 0.15) is 41.6 Å². The Bertz CT molecular complexity index is 618. The Morgan fingerprint density at radius 1 is 1.05 bits per heavy atom. The van der Waals surface area contributed by atoms with E-state index in [4.69, 9.17) is 0 Å². The van der Waals surface area contributed by atoms with Crippen molar-refractivity contribution in [1.29, 1.82) is 0 Å². The number of ketones is 1. The molecule has 2 heteroatoms. The molecule has 1 atom stereocenters. The molecule has 0 N–H and O–H groups in total. The summed E-state index contributed by atoms with van der Waals surface area (Å²) >= 11 is 0. The topological polar surface area (TPSA) is 20.3 Å². The summed E-state index contributed by atoms with van der Waals surface area (Å²) in [6, 6.07) is 18.7. The summed E-state index contributed by atoms with van der Waals surface area (Å²) in [4.78, 5) is 14.9. The lowest BCUT2D eigenvalue weighted by molar-refractivity contribution is 0.0969. The molecule has 1 saturated heterocycles. The number of carbonyl (C=O) groups excluding carboxylic acids is 1. The van der Waals surface area contributed by atoms with Crippen molar-refractivity contribution in [2.24, 2.45) is 0 Å². The van der Waals surface area contributed by atoms with Crippen molar-refractivity contribution in [2.75, 3.05) is 11.4 Å². The van der Waals surface area contributed by atoms with Crippen LogP contribution in [0.15, 0.2) is 54.6 Å². The fourth-order valence-corrected chi connectivity index (χ4v) is 3.24. The molecule has 0 amide bonds. The van der Waals surface area contributed by atoms with E-state index in [2.05, 4.69) is 36.1 Å². The number of piperidine rings is 1. The first kappa shape index (κ1) is 14.8. The molecule has 2 aromatic carbocycles. The number of Topliss-reactive ketones (excluding diaryl/α,β-unsaturated/α-hetero) is 1. The molecule has 1 aliphatic rings. The monoisotopic (exact) mass is 293 g/mol. The summed E-state index contributed by atoms with van der Waals surface area (Å²) in [5.41, 5.74) is 3.35. The molecule has 2 aromatic rings. The summed E-state index contributed by atoms with van der Waals surface area (Å²) in [6.45, 7) is 3.16. The van der Waals surface area contributed by atoms with Crippen molar-refractivity contribution >= 4 is 11.5 Å². The van der Waals surface area contributed by atoms with Gasteiger partial charge in [0.15, 0.2) is 5.78 Å². The minimum Gasteiger partial charge on any atom is -0.368 e. The summed E-state index contributed by atoms with van der Waals surface area (Å²) in [7, 11) is 0. The third-order valence-corrected chi connectivity index (χ3v) is 4.51. The van der Waals surface area contributed by atoms with E-state index in [-0.39, 0.29) is 5.78 Å². The number of hydrogen-bond donors (Lipinski definition) is 0. The van der Waals surface area contributed by atoms with Gasteiger partial charge >= 0.3 is 0 Å². The van der Waals surface area contributed by atoms with E-state index in [1.807, 2.05) is 30.3 Å². The zero-order valence-corrected chi connectivity index (χ0v) is 13.2. The third-order valence-electron chi connectivity index (χ3n) is 4.51. The predicted molar refractivity (Wildman–Crippen MR) is 91.6 cm³/mol. The van der Waals surface area contributed by atoms with Crippen molar-refractivity contribution in [3.05, 3.63) is 65.7 Å². The van der Waals surface area contributed by atoms with E-state index in [0.717, 1.165) is 18.5 Å². The van der Waals surface area contributed by atoms with Crippen LogP contribution in [-0.4, -0.2) is 18.4 Å². The first-order valence-corrected chi connectivity index (χ1v) is 8.15. The summed E-state index contributed by atoms with van der Waals surface area (Å²) < 4.78 is 0. The molecule has 114 valence electrons. The van der Waals surface area contributed by atoms with Crippen molar-refractivity contribution in [3.8, 4) is 0 Å². The van der Waals surface area contributed by atoms with Gasteiger partial charge in [-0.2, -0.15) is 0 Å². The molecule has 0 spiro atoms. The number of aryl methyl sites for hydroxylation is 1. The lowest BCUT2D eigenvalue weighted by Crippen LogP contribution is -2.40. The maximum atomic E-state index is 12.5. The second-order valence-corrected chi connectivity index (χ2v) is 6.17. The molecule has 22 heavy (non-hydrogen) atoms. The van der Waals surface area contributed by atoms with Gasteiger partial charge < -0.3 is 4.90 Å².